The maximum Gasteiger partial charge on any atom is 0.247 e. The number of amides is 2. The van der Waals surface area contributed by atoms with Crippen LogP contribution in [0.15, 0.2) is 53.5 Å². The van der Waals surface area contributed by atoms with E-state index in [0.29, 0.717) is 47.3 Å². The number of tetrazole rings is 1. The second-order valence-corrected chi connectivity index (χ2v) is 8.81. The fraction of sp³-hybridized carbons (Fsp3) is 0.217. The van der Waals surface area contributed by atoms with Gasteiger partial charge in [0.1, 0.15) is 17.9 Å². The van der Waals surface area contributed by atoms with Crippen LogP contribution in [0.5, 0.6) is 0 Å². The Kier molecular flexibility index (Phi) is 5.06. The Morgan fingerprint density at radius 2 is 2.11 bits per heavy atom. The van der Waals surface area contributed by atoms with Crippen molar-refractivity contribution < 1.29 is 18.4 Å². The Labute approximate surface area is 202 Å². The Morgan fingerprint density at radius 1 is 1.23 bits per heavy atom. The van der Waals surface area contributed by atoms with Gasteiger partial charge in [0, 0.05) is 29.4 Å². The first kappa shape index (κ1) is 21.4. The first-order valence-corrected chi connectivity index (χ1v) is 11.3. The van der Waals surface area contributed by atoms with Gasteiger partial charge in [-0.2, -0.15) is 4.68 Å². The van der Waals surface area contributed by atoms with Gasteiger partial charge in [-0.25, -0.2) is 9.37 Å². The number of nitrogens with zero attached hydrogens (tertiary/aromatic N) is 6. The number of aromatic nitrogens is 5. The molecule has 2 aliphatic heterocycles. The topological polar surface area (TPSA) is 119 Å². The molecule has 2 aliphatic rings. The molecule has 0 radical (unpaired) electrons. The van der Waals surface area contributed by atoms with Crippen LogP contribution < -0.4 is 5.32 Å². The second kappa shape index (κ2) is 8.27. The zero-order valence-corrected chi connectivity index (χ0v) is 18.8. The predicted molar refractivity (Wildman–Crippen MR) is 123 cm³/mol. The van der Waals surface area contributed by atoms with Gasteiger partial charge in [0.25, 0.3) is 0 Å². The Morgan fingerprint density at radius 3 is 2.94 bits per heavy atom. The highest BCUT2D eigenvalue weighted by molar-refractivity contribution is 6.31. The molecule has 2 aromatic carbocycles. The van der Waals surface area contributed by atoms with Gasteiger partial charge in [-0.15, -0.1) is 5.10 Å². The number of halogens is 2. The molecular weight excluding hydrogens is 477 g/mol. The molecule has 2 unspecified atom stereocenters. The van der Waals surface area contributed by atoms with Gasteiger partial charge >= 0.3 is 0 Å². The molecule has 35 heavy (non-hydrogen) atoms. The summed E-state index contributed by atoms with van der Waals surface area (Å²) in [5.41, 5.74) is 2.82. The highest BCUT2D eigenvalue weighted by atomic mass is 35.5. The van der Waals surface area contributed by atoms with E-state index < -0.39 is 11.9 Å². The largest absolute Gasteiger partial charge is 0.443 e. The van der Waals surface area contributed by atoms with Gasteiger partial charge in [-0.3, -0.25) is 9.59 Å². The fourth-order valence-corrected chi connectivity index (χ4v) is 5.01. The Bertz CT molecular complexity index is 1500. The van der Waals surface area contributed by atoms with Crippen molar-refractivity contribution in [1.29, 1.82) is 0 Å². The third-order valence-corrected chi connectivity index (χ3v) is 6.69. The van der Waals surface area contributed by atoms with Crippen LogP contribution in [0.25, 0.3) is 22.4 Å². The molecule has 4 heterocycles. The van der Waals surface area contributed by atoms with Crippen molar-refractivity contribution in [1.82, 2.24) is 30.1 Å². The normalized spacial score (nSPS) is 19.7. The molecule has 1 N–H and O–H groups in total. The van der Waals surface area contributed by atoms with Crippen molar-refractivity contribution >= 4 is 45.8 Å². The third kappa shape index (κ3) is 3.64. The summed E-state index contributed by atoms with van der Waals surface area (Å²) in [6.45, 7) is 0. The van der Waals surface area contributed by atoms with Crippen LogP contribution in [0, 0.1) is 5.82 Å². The van der Waals surface area contributed by atoms with E-state index in [9.17, 15) is 9.59 Å². The van der Waals surface area contributed by atoms with Gasteiger partial charge in [0.15, 0.2) is 17.8 Å². The summed E-state index contributed by atoms with van der Waals surface area (Å²) in [5.74, 6) is -1.30. The van der Waals surface area contributed by atoms with E-state index in [1.807, 2.05) is 0 Å². The van der Waals surface area contributed by atoms with E-state index in [4.69, 9.17) is 16.0 Å². The number of oxazole rings is 1. The minimum atomic E-state index is -0.651. The molecule has 0 saturated carbocycles. The number of rotatable bonds is 4. The standard InChI is InChI=1S/C23H17ClFN7O3/c24-15-3-6-17(31-10-27-29-30-31)21(22(15)25)12-7-14-2-5-18(32(14)20(33)8-12)23(34)28-13-1-4-16-19(9-13)35-11-26-16/h1,3-4,6,8-11,14,18H,2,5,7H2,(H,28,34). The van der Waals surface area contributed by atoms with Gasteiger partial charge in [-0.05, 0) is 59.5 Å². The van der Waals surface area contributed by atoms with Crippen molar-refractivity contribution in [2.24, 2.45) is 0 Å². The van der Waals surface area contributed by atoms with Crippen LogP contribution in [0.3, 0.4) is 0 Å². The molecule has 6 rings (SSSR count). The van der Waals surface area contributed by atoms with E-state index >= 15 is 4.39 Å². The maximum atomic E-state index is 15.2. The lowest BCUT2D eigenvalue weighted by Crippen LogP contribution is -2.48. The van der Waals surface area contributed by atoms with Crippen LogP contribution in [-0.4, -0.2) is 54.0 Å². The summed E-state index contributed by atoms with van der Waals surface area (Å²) in [7, 11) is 0. The van der Waals surface area contributed by atoms with Crippen molar-refractivity contribution in [2.45, 2.75) is 31.3 Å². The minimum absolute atomic E-state index is 0.0694. The smallest absolute Gasteiger partial charge is 0.247 e. The summed E-state index contributed by atoms with van der Waals surface area (Å²) in [6, 6.07) is 7.29. The minimum Gasteiger partial charge on any atom is -0.443 e. The summed E-state index contributed by atoms with van der Waals surface area (Å²) in [5, 5.41) is 13.9. The number of carbonyl (C=O) groups excluding carboxylic acids is 2. The number of carbonyl (C=O) groups is 2. The van der Waals surface area contributed by atoms with Gasteiger partial charge < -0.3 is 14.6 Å². The van der Waals surface area contributed by atoms with Crippen molar-refractivity contribution in [3.8, 4) is 5.69 Å². The zero-order chi connectivity index (χ0) is 24.1. The first-order chi connectivity index (χ1) is 17.0. The molecule has 1 fully saturated rings. The van der Waals surface area contributed by atoms with Gasteiger partial charge in [0.05, 0.1) is 10.7 Å². The van der Waals surface area contributed by atoms with E-state index in [2.05, 4.69) is 25.8 Å². The number of fused-ring (bicyclic) bond motifs is 2. The number of benzene rings is 2. The summed E-state index contributed by atoms with van der Waals surface area (Å²) in [4.78, 5) is 31.9. The third-order valence-electron chi connectivity index (χ3n) is 6.40. The molecule has 0 aliphatic carbocycles. The van der Waals surface area contributed by atoms with Crippen molar-refractivity contribution in [3.05, 3.63) is 65.5 Å². The molecule has 2 amide bonds. The summed E-state index contributed by atoms with van der Waals surface area (Å²) >= 11 is 6.06. The lowest BCUT2D eigenvalue weighted by atomic mass is 9.92. The Balaban J connectivity index is 1.28. The average molecular weight is 494 g/mol. The number of anilines is 1. The van der Waals surface area contributed by atoms with Crippen LogP contribution in [0.2, 0.25) is 5.02 Å². The quantitative estimate of drug-likeness (QED) is 0.463. The SMILES string of the molecule is O=C(Nc1ccc2ncoc2c1)C1CCC2CC(c3c(-n4cnnn4)ccc(Cl)c3F)=CC(=O)N21. The van der Waals surface area contributed by atoms with E-state index in [1.165, 1.54) is 29.5 Å². The van der Waals surface area contributed by atoms with Crippen LogP contribution in [0.1, 0.15) is 24.8 Å². The molecule has 0 spiro atoms. The fourth-order valence-electron chi connectivity index (χ4n) is 4.85. The Hall–Kier alpha value is -4.12. The van der Waals surface area contributed by atoms with Crippen molar-refractivity contribution in [2.75, 3.05) is 5.32 Å². The van der Waals surface area contributed by atoms with E-state index in [-0.39, 0.29) is 28.4 Å². The molecule has 4 aromatic rings. The maximum absolute atomic E-state index is 15.2. The lowest BCUT2D eigenvalue weighted by molar-refractivity contribution is -0.135. The van der Waals surface area contributed by atoms with E-state index in [0.717, 1.165) is 0 Å². The van der Waals surface area contributed by atoms with Crippen LogP contribution in [-0.2, 0) is 9.59 Å². The van der Waals surface area contributed by atoms with Crippen molar-refractivity contribution in [3.63, 3.8) is 0 Å². The van der Waals surface area contributed by atoms with Gasteiger partial charge in [-0.1, -0.05) is 11.6 Å². The van der Waals surface area contributed by atoms with Gasteiger partial charge in [0.2, 0.25) is 11.8 Å². The second-order valence-electron chi connectivity index (χ2n) is 8.40. The lowest BCUT2D eigenvalue weighted by Gasteiger charge is -2.33. The first-order valence-electron chi connectivity index (χ1n) is 10.9. The molecule has 12 heteroatoms. The predicted octanol–water partition coefficient (Wildman–Crippen LogP) is 3.38. The average Bonchev–Trinajstić information content (AvgIpc) is 3.61. The highest BCUT2D eigenvalue weighted by Gasteiger charge is 2.43. The highest BCUT2D eigenvalue weighted by Crippen LogP contribution is 2.40. The molecular formula is C23H17ClFN7O3. The summed E-state index contributed by atoms with van der Waals surface area (Å²) in [6.07, 6.45) is 5.51. The zero-order valence-electron chi connectivity index (χ0n) is 18.1. The summed E-state index contributed by atoms with van der Waals surface area (Å²) < 4.78 is 21.8. The van der Waals surface area contributed by atoms with Crippen LogP contribution in [0.4, 0.5) is 10.1 Å². The molecule has 2 aromatic heterocycles. The molecule has 10 nitrogen and oxygen atoms in total. The monoisotopic (exact) mass is 493 g/mol. The molecule has 2 atom stereocenters. The molecule has 0 bridgehead atoms. The number of hydrogen-bond donors (Lipinski definition) is 1. The van der Waals surface area contributed by atoms with Crippen LogP contribution >= 0.6 is 11.6 Å². The molecule has 176 valence electrons. The number of nitrogens with one attached hydrogen (secondary N) is 1. The number of hydrogen-bond acceptors (Lipinski definition) is 7. The molecule has 1 saturated heterocycles. The van der Waals surface area contributed by atoms with E-state index in [1.54, 1.807) is 29.2 Å².